The van der Waals surface area contributed by atoms with E-state index >= 15 is 0 Å². The number of nitrogens with one attached hydrogen (secondary N) is 1. The fourth-order valence-electron chi connectivity index (χ4n) is 3.90. The summed E-state index contributed by atoms with van der Waals surface area (Å²) >= 11 is 1.54. The van der Waals surface area contributed by atoms with Crippen LogP contribution in [-0.2, 0) is 10.5 Å². The number of anilines is 1. The summed E-state index contributed by atoms with van der Waals surface area (Å²) in [4.78, 5) is 17.4. The number of Topliss-reactive ketones (excluding diaryl/α,β-unsaturated/α-hetero) is 1. The molecule has 0 amide bonds. The van der Waals surface area contributed by atoms with E-state index < -0.39 is 6.04 Å². The zero-order valence-corrected chi connectivity index (χ0v) is 16.5. The quantitative estimate of drug-likeness (QED) is 0.635. The van der Waals surface area contributed by atoms with E-state index in [1.165, 1.54) is 17.7 Å². The van der Waals surface area contributed by atoms with Crippen LogP contribution in [0.1, 0.15) is 36.4 Å². The Bertz CT molecular complexity index is 1110. The van der Waals surface area contributed by atoms with Crippen LogP contribution in [0.25, 0.3) is 0 Å². The smallest absolute Gasteiger partial charge is 0.227 e. The minimum Gasteiger partial charge on any atom is -0.328 e. The van der Waals surface area contributed by atoms with Gasteiger partial charge < -0.3 is 5.32 Å². The Morgan fingerprint density at radius 2 is 2.00 bits per heavy atom. The Balaban J connectivity index is 1.53. The zero-order valence-electron chi connectivity index (χ0n) is 15.6. The van der Waals surface area contributed by atoms with Crippen molar-refractivity contribution in [3.8, 4) is 0 Å². The van der Waals surface area contributed by atoms with Crippen molar-refractivity contribution < 1.29 is 9.18 Å². The molecule has 0 radical (unpaired) electrons. The summed E-state index contributed by atoms with van der Waals surface area (Å²) in [6.45, 7) is 0. The average molecular weight is 406 g/mol. The maximum atomic E-state index is 14.0. The molecule has 1 unspecified atom stereocenters. The van der Waals surface area contributed by atoms with E-state index in [2.05, 4.69) is 27.5 Å². The number of thioether (sulfide) groups is 1. The van der Waals surface area contributed by atoms with Gasteiger partial charge in [0.1, 0.15) is 11.9 Å². The second-order valence-electron chi connectivity index (χ2n) is 7.19. The monoisotopic (exact) mass is 406 g/mol. The van der Waals surface area contributed by atoms with E-state index in [1.807, 2.05) is 24.3 Å². The molecular formula is C22H19FN4OS. The molecule has 0 bridgehead atoms. The summed E-state index contributed by atoms with van der Waals surface area (Å²) in [7, 11) is 0. The Morgan fingerprint density at radius 3 is 2.83 bits per heavy atom. The first-order valence-electron chi connectivity index (χ1n) is 9.61. The number of hydrogen-bond acceptors (Lipinski definition) is 5. The summed E-state index contributed by atoms with van der Waals surface area (Å²) in [6.07, 6.45) is 2.10. The van der Waals surface area contributed by atoms with Crippen LogP contribution in [0.4, 0.5) is 10.3 Å². The number of fused-ring (bicyclic) bond motifs is 1. The van der Waals surface area contributed by atoms with Gasteiger partial charge in [-0.3, -0.25) is 4.79 Å². The predicted octanol–water partition coefficient (Wildman–Crippen LogP) is 4.73. The molecule has 0 spiro atoms. The number of benzene rings is 2. The highest BCUT2D eigenvalue weighted by Gasteiger charge is 2.36. The fourth-order valence-corrected chi connectivity index (χ4v) is 4.69. The molecule has 7 heteroatoms. The second kappa shape index (κ2) is 7.48. The molecule has 29 heavy (non-hydrogen) atoms. The normalized spacial score (nSPS) is 18.2. The van der Waals surface area contributed by atoms with Crippen LogP contribution in [0.5, 0.6) is 0 Å². The summed E-state index contributed by atoms with van der Waals surface area (Å²) < 4.78 is 15.7. The van der Waals surface area contributed by atoms with Crippen molar-refractivity contribution in [3.63, 3.8) is 0 Å². The molecule has 1 aliphatic heterocycles. The van der Waals surface area contributed by atoms with Crippen molar-refractivity contribution in [1.82, 2.24) is 14.8 Å². The van der Waals surface area contributed by atoms with Gasteiger partial charge in [-0.15, -0.1) is 5.10 Å². The fraction of sp³-hybridized carbons (Fsp3) is 0.227. The molecule has 5 nitrogen and oxygen atoms in total. The van der Waals surface area contributed by atoms with Crippen molar-refractivity contribution in [1.29, 1.82) is 0 Å². The van der Waals surface area contributed by atoms with Crippen LogP contribution >= 0.6 is 11.8 Å². The van der Waals surface area contributed by atoms with Crippen LogP contribution < -0.4 is 5.32 Å². The van der Waals surface area contributed by atoms with Crippen molar-refractivity contribution in [2.24, 2.45) is 0 Å². The number of aromatic nitrogens is 3. The second-order valence-corrected chi connectivity index (χ2v) is 8.13. The van der Waals surface area contributed by atoms with Gasteiger partial charge in [0.05, 0.1) is 0 Å². The maximum Gasteiger partial charge on any atom is 0.227 e. The van der Waals surface area contributed by atoms with E-state index in [-0.39, 0.29) is 11.6 Å². The van der Waals surface area contributed by atoms with Gasteiger partial charge in [0.2, 0.25) is 11.1 Å². The molecule has 146 valence electrons. The Hall–Kier alpha value is -2.93. The lowest BCUT2D eigenvalue weighted by Crippen LogP contribution is -2.31. The third-order valence-electron chi connectivity index (χ3n) is 5.22. The van der Waals surface area contributed by atoms with Crippen LogP contribution in [0.2, 0.25) is 0 Å². The lowest BCUT2D eigenvalue weighted by Gasteiger charge is -2.32. The topological polar surface area (TPSA) is 59.8 Å². The average Bonchev–Trinajstić information content (AvgIpc) is 3.14. The number of rotatable bonds is 4. The van der Waals surface area contributed by atoms with Gasteiger partial charge in [0.25, 0.3) is 0 Å². The number of hydrogen-bond donors (Lipinski definition) is 1. The van der Waals surface area contributed by atoms with Crippen LogP contribution in [0.15, 0.2) is 71.0 Å². The largest absolute Gasteiger partial charge is 0.328 e. The van der Waals surface area contributed by atoms with Gasteiger partial charge in [0, 0.05) is 23.4 Å². The first-order valence-corrected chi connectivity index (χ1v) is 10.6. The first-order chi connectivity index (χ1) is 14.2. The Labute approximate surface area is 172 Å². The predicted molar refractivity (Wildman–Crippen MR) is 110 cm³/mol. The van der Waals surface area contributed by atoms with Gasteiger partial charge >= 0.3 is 0 Å². The maximum absolute atomic E-state index is 14.0. The lowest BCUT2D eigenvalue weighted by atomic mass is 9.85. The number of ketones is 1. The Kier molecular flexibility index (Phi) is 4.67. The standard InChI is InChI=1S/C22H19FN4OS/c23-16-9-4-8-15(12-16)20-19-17(10-5-11-18(19)28)24-21-25-22(26-27(20)21)29-13-14-6-2-1-3-7-14/h1-4,6-9,12,20H,5,10-11,13H2,(H,24,25,26). The van der Waals surface area contributed by atoms with Crippen molar-refractivity contribution >= 4 is 23.5 Å². The molecule has 2 aromatic carbocycles. The van der Waals surface area contributed by atoms with E-state index in [1.54, 1.807) is 22.5 Å². The molecule has 0 saturated carbocycles. The highest BCUT2D eigenvalue weighted by Crippen LogP contribution is 2.40. The minimum absolute atomic E-state index is 0.0904. The number of allylic oxidation sites excluding steroid dienone is 2. The highest BCUT2D eigenvalue weighted by atomic mass is 32.2. The van der Waals surface area contributed by atoms with E-state index in [4.69, 9.17) is 0 Å². The van der Waals surface area contributed by atoms with Crippen molar-refractivity contribution in [2.75, 3.05) is 5.32 Å². The summed E-state index contributed by atoms with van der Waals surface area (Å²) in [6, 6.07) is 16.1. The van der Waals surface area contributed by atoms with Crippen molar-refractivity contribution in [2.45, 2.75) is 36.2 Å². The van der Waals surface area contributed by atoms with Gasteiger partial charge in [-0.05, 0) is 36.1 Å². The molecule has 0 fully saturated rings. The molecule has 2 aliphatic rings. The molecule has 1 aromatic heterocycles. The third kappa shape index (κ3) is 3.46. The number of carbonyl (C=O) groups excluding carboxylic acids is 1. The summed E-state index contributed by atoms with van der Waals surface area (Å²) in [5.74, 6) is 1.11. The summed E-state index contributed by atoms with van der Waals surface area (Å²) in [5.41, 5.74) is 3.46. The Morgan fingerprint density at radius 1 is 1.14 bits per heavy atom. The zero-order chi connectivity index (χ0) is 19.8. The molecule has 3 aromatic rings. The first kappa shape index (κ1) is 18.1. The number of halogens is 1. The SMILES string of the molecule is O=C1CCCC2=C1C(c1cccc(F)c1)n1nc(SCc3ccccc3)nc1N2. The van der Waals surface area contributed by atoms with Gasteiger partial charge in [0.15, 0.2) is 5.78 Å². The summed E-state index contributed by atoms with van der Waals surface area (Å²) in [5, 5.41) is 8.61. The van der Waals surface area contributed by atoms with Gasteiger partial charge in [-0.2, -0.15) is 4.98 Å². The molecular weight excluding hydrogens is 387 g/mol. The van der Waals surface area contributed by atoms with Crippen LogP contribution in [0.3, 0.4) is 0 Å². The molecule has 1 N–H and O–H groups in total. The van der Waals surface area contributed by atoms with E-state index in [0.717, 1.165) is 24.3 Å². The van der Waals surface area contributed by atoms with Crippen molar-refractivity contribution in [3.05, 3.63) is 82.8 Å². The van der Waals surface area contributed by atoms with Gasteiger partial charge in [-0.1, -0.05) is 54.2 Å². The molecule has 1 atom stereocenters. The number of nitrogens with zero attached hydrogens (tertiary/aromatic N) is 3. The third-order valence-corrected chi connectivity index (χ3v) is 6.13. The van der Waals surface area contributed by atoms with E-state index in [9.17, 15) is 9.18 Å². The molecule has 0 saturated heterocycles. The molecule has 1 aliphatic carbocycles. The van der Waals surface area contributed by atoms with E-state index in [0.29, 0.717) is 28.7 Å². The lowest BCUT2D eigenvalue weighted by molar-refractivity contribution is -0.116. The van der Waals surface area contributed by atoms with Gasteiger partial charge in [-0.25, -0.2) is 9.07 Å². The molecule has 2 heterocycles. The van der Waals surface area contributed by atoms with Crippen LogP contribution in [0, 0.1) is 5.82 Å². The van der Waals surface area contributed by atoms with Crippen LogP contribution in [-0.4, -0.2) is 20.5 Å². The highest BCUT2D eigenvalue weighted by molar-refractivity contribution is 7.98. The molecule has 5 rings (SSSR count). The number of carbonyl (C=O) groups is 1. The minimum atomic E-state index is -0.455.